The minimum atomic E-state index is -0.308. The van der Waals surface area contributed by atoms with Crippen molar-refractivity contribution in [3.63, 3.8) is 0 Å². The molecule has 0 spiro atoms. The predicted molar refractivity (Wildman–Crippen MR) is 72.6 cm³/mol. The van der Waals surface area contributed by atoms with E-state index in [0.717, 1.165) is 0 Å². The highest BCUT2D eigenvalue weighted by molar-refractivity contribution is 7.99. The molecule has 6 N–H and O–H groups in total. The highest BCUT2D eigenvalue weighted by Gasteiger charge is 2.07. The third-order valence-corrected chi connectivity index (χ3v) is 2.96. The first kappa shape index (κ1) is 13.3. The van der Waals surface area contributed by atoms with Gasteiger partial charge >= 0.3 is 0 Å². The third-order valence-electron chi connectivity index (χ3n) is 2.15. The Hall–Kier alpha value is -2.13. The van der Waals surface area contributed by atoms with Crippen LogP contribution >= 0.6 is 11.8 Å². The number of anilines is 2. The van der Waals surface area contributed by atoms with Gasteiger partial charge in [-0.1, -0.05) is 6.92 Å². The van der Waals surface area contributed by atoms with Crippen molar-refractivity contribution >= 4 is 23.4 Å². The normalized spacial score (nSPS) is 10.4. The van der Waals surface area contributed by atoms with Crippen LogP contribution in [0.2, 0.25) is 0 Å². The lowest BCUT2D eigenvalue weighted by atomic mass is 10.4. The summed E-state index contributed by atoms with van der Waals surface area (Å²) in [7, 11) is 0. The maximum atomic E-state index is 11.3. The molecule has 0 amide bonds. The van der Waals surface area contributed by atoms with Crippen molar-refractivity contribution in [2.24, 2.45) is 5.84 Å². The SMILES string of the molecule is CCc1nc(NN)cc(Sc2nc(N)cc(=O)[nH]2)n1. The minimum absolute atomic E-state index is 0.160. The number of rotatable bonds is 4. The number of hydrogen-bond acceptors (Lipinski definition) is 8. The van der Waals surface area contributed by atoms with E-state index in [0.29, 0.717) is 28.2 Å². The Morgan fingerprint density at radius 3 is 2.79 bits per heavy atom. The Labute approximate surface area is 113 Å². The second-order valence-corrected chi connectivity index (χ2v) is 4.59. The number of aryl methyl sites for hydroxylation is 1. The topological polar surface area (TPSA) is 136 Å². The van der Waals surface area contributed by atoms with Gasteiger partial charge in [0.1, 0.15) is 22.5 Å². The van der Waals surface area contributed by atoms with Crippen molar-refractivity contribution in [1.82, 2.24) is 19.9 Å². The maximum Gasteiger partial charge on any atom is 0.253 e. The Kier molecular flexibility index (Phi) is 3.97. The summed E-state index contributed by atoms with van der Waals surface area (Å²) < 4.78 is 0. The number of nitrogens with two attached hydrogens (primary N) is 2. The summed E-state index contributed by atoms with van der Waals surface area (Å²) in [4.78, 5) is 26.4. The van der Waals surface area contributed by atoms with Crippen LogP contribution in [0, 0.1) is 0 Å². The quantitative estimate of drug-likeness (QED) is 0.268. The second-order valence-electron chi connectivity index (χ2n) is 3.58. The number of hydrogen-bond donors (Lipinski definition) is 4. The Balaban J connectivity index is 2.34. The summed E-state index contributed by atoms with van der Waals surface area (Å²) in [6.45, 7) is 1.94. The summed E-state index contributed by atoms with van der Waals surface area (Å²) in [6, 6.07) is 2.88. The van der Waals surface area contributed by atoms with Gasteiger partial charge in [0.15, 0.2) is 5.16 Å². The molecule has 0 aliphatic rings. The molecule has 0 fully saturated rings. The van der Waals surface area contributed by atoms with Gasteiger partial charge in [-0.05, 0) is 11.8 Å². The molecule has 0 atom stereocenters. The van der Waals surface area contributed by atoms with E-state index in [1.165, 1.54) is 17.8 Å². The van der Waals surface area contributed by atoms with Gasteiger partial charge in [0.05, 0.1) is 0 Å². The molecule has 0 aliphatic heterocycles. The monoisotopic (exact) mass is 279 g/mol. The van der Waals surface area contributed by atoms with E-state index in [-0.39, 0.29) is 11.4 Å². The van der Waals surface area contributed by atoms with E-state index < -0.39 is 0 Å². The fourth-order valence-electron chi connectivity index (χ4n) is 1.36. The molecular weight excluding hydrogens is 266 g/mol. The number of aromatic nitrogens is 4. The Morgan fingerprint density at radius 1 is 1.37 bits per heavy atom. The molecule has 0 saturated heterocycles. The van der Waals surface area contributed by atoms with Gasteiger partial charge in [-0.15, -0.1) is 0 Å². The predicted octanol–water partition coefficient (Wildman–Crippen LogP) is 0.141. The number of hydrazine groups is 1. The van der Waals surface area contributed by atoms with Crippen LogP contribution in [0.4, 0.5) is 11.6 Å². The van der Waals surface area contributed by atoms with E-state index in [2.05, 4.69) is 25.4 Å². The van der Waals surface area contributed by atoms with Crippen LogP contribution < -0.4 is 22.6 Å². The summed E-state index contributed by atoms with van der Waals surface area (Å²) in [5.41, 5.74) is 7.68. The number of nitrogens with one attached hydrogen (secondary N) is 2. The van der Waals surface area contributed by atoms with E-state index in [4.69, 9.17) is 11.6 Å². The molecule has 0 saturated carbocycles. The van der Waals surface area contributed by atoms with Gasteiger partial charge in [-0.3, -0.25) is 4.79 Å². The number of nitrogen functional groups attached to an aromatic ring is 2. The molecule has 0 aliphatic carbocycles. The van der Waals surface area contributed by atoms with Crippen molar-refractivity contribution in [2.75, 3.05) is 11.2 Å². The first-order valence-corrected chi connectivity index (χ1v) is 6.31. The van der Waals surface area contributed by atoms with E-state index in [9.17, 15) is 4.79 Å². The second kappa shape index (κ2) is 5.67. The van der Waals surface area contributed by atoms with Crippen LogP contribution in [-0.4, -0.2) is 19.9 Å². The molecule has 2 rings (SSSR count). The van der Waals surface area contributed by atoms with Gasteiger partial charge < -0.3 is 16.1 Å². The minimum Gasteiger partial charge on any atom is -0.383 e. The van der Waals surface area contributed by atoms with E-state index in [1.807, 2.05) is 6.92 Å². The van der Waals surface area contributed by atoms with Crippen LogP contribution in [0.15, 0.2) is 27.1 Å². The molecule has 0 unspecified atom stereocenters. The molecule has 0 radical (unpaired) electrons. The standard InChI is InChI=1S/C10H13N7OS/c1-2-6-14-7(17-12)4-9(15-6)19-10-13-5(11)3-8(18)16-10/h3-4H,2,12H2,1H3,(H,14,15,17)(H3,11,13,16,18). The fraction of sp³-hybridized carbons (Fsp3) is 0.200. The smallest absolute Gasteiger partial charge is 0.253 e. The summed E-state index contributed by atoms with van der Waals surface area (Å²) in [5.74, 6) is 6.64. The van der Waals surface area contributed by atoms with Crippen LogP contribution in [0.3, 0.4) is 0 Å². The fourth-order valence-corrected chi connectivity index (χ4v) is 2.18. The first-order valence-electron chi connectivity index (χ1n) is 5.50. The molecule has 0 aromatic carbocycles. The van der Waals surface area contributed by atoms with Gasteiger partial charge in [-0.2, -0.15) is 0 Å². The first-order chi connectivity index (χ1) is 9.10. The molecule has 2 heterocycles. The van der Waals surface area contributed by atoms with Crippen molar-refractivity contribution in [3.05, 3.63) is 28.3 Å². The highest BCUT2D eigenvalue weighted by Crippen LogP contribution is 2.24. The van der Waals surface area contributed by atoms with Gasteiger partial charge in [0, 0.05) is 18.6 Å². The lowest BCUT2D eigenvalue weighted by Gasteiger charge is -2.05. The number of H-pyrrole nitrogens is 1. The van der Waals surface area contributed by atoms with Crippen molar-refractivity contribution < 1.29 is 0 Å². The lowest BCUT2D eigenvalue weighted by Crippen LogP contribution is -2.11. The number of aromatic amines is 1. The summed E-state index contributed by atoms with van der Waals surface area (Å²) >= 11 is 1.18. The van der Waals surface area contributed by atoms with E-state index in [1.54, 1.807) is 6.07 Å². The van der Waals surface area contributed by atoms with Crippen LogP contribution in [0.25, 0.3) is 0 Å². The van der Waals surface area contributed by atoms with Gasteiger partial charge in [-0.25, -0.2) is 20.8 Å². The molecule has 0 bridgehead atoms. The largest absolute Gasteiger partial charge is 0.383 e. The molecule has 9 heteroatoms. The Bertz CT molecular complexity index is 620. The average Bonchev–Trinajstić information content (AvgIpc) is 2.37. The zero-order chi connectivity index (χ0) is 13.8. The zero-order valence-electron chi connectivity index (χ0n) is 10.2. The summed E-state index contributed by atoms with van der Waals surface area (Å²) in [5, 5.41) is 0.988. The van der Waals surface area contributed by atoms with Crippen molar-refractivity contribution in [1.29, 1.82) is 0 Å². The zero-order valence-corrected chi connectivity index (χ0v) is 11.0. The molecule has 100 valence electrons. The lowest BCUT2D eigenvalue weighted by molar-refractivity contribution is 0.880. The molecule has 8 nitrogen and oxygen atoms in total. The molecule has 2 aromatic heterocycles. The van der Waals surface area contributed by atoms with Crippen molar-refractivity contribution in [3.8, 4) is 0 Å². The third kappa shape index (κ3) is 3.42. The highest BCUT2D eigenvalue weighted by atomic mass is 32.2. The summed E-state index contributed by atoms with van der Waals surface area (Å²) in [6.07, 6.45) is 0.671. The molecule has 19 heavy (non-hydrogen) atoms. The Morgan fingerprint density at radius 2 is 2.16 bits per heavy atom. The number of nitrogens with zero attached hydrogens (tertiary/aromatic N) is 3. The van der Waals surface area contributed by atoms with Crippen molar-refractivity contribution in [2.45, 2.75) is 23.5 Å². The van der Waals surface area contributed by atoms with Gasteiger partial charge in [0.25, 0.3) is 5.56 Å². The van der Waals surface area contributed by atoms with Crippen LogP contribution in [-0.2, 0) is 6.42 Å². The average molecular weight is 279 g/mol. The van der Waals surface area contributed by atoms with Crippen LogP contribution in [0.5, 0.6) is 0 Å². The van der Waals surface area contributed by atoms with Gasteiger partial charge in [0.2, 0.25) is 0 Å². The molecular formula is C10H13N7OS. The van der Waals surface area contributed by atoms with E-state index >= 15 is 0 Å². The maximum absolute atomic E-state index is 11.3. The van der Waals surface area contributed by atoms with Crippen LogP contribution in [0.1, 0.15) is 12.7 Å². The molecule has 2 aromatic rings.